The Kier molecular flexibility index (Phi) is 4.26. The van der Waals surface area contributed by atoms with Gasteiger partial charge in [0.2, 0.25) is 10.0 Å². The molecule has 0 heterocycles. The summed E-state index contributed by atoms with van der Waals surface area (Å²) in [5, 5.41) is 9.49. The summed E-state index contributed by atoms with van der Waals surface area (Å²) in [7, 11) is -3.71. The Labute approximate surface area is 107 Å². The van der Waals surface area contributed by atoms with Crippen LogP contribution in [0.3, 0.4) is 0 Å². The molecule has 0 amide bonds. The van der Waals surface area contributed by atoms with E-state index in [9.17, 15) is 18.3 Å². The molecule has 0 unspecified atom stereocenters. The first-order valence-electron chi connectivity index (χ1n) is 5.45. The molecular weight excluding hydrogens is 254 g/mol. The summed E-state index contributed by atoms with van der Waals surface area (Å²) in [6.07, 6.45) is 0. The first-order chi connectivity index (χ1) is 8.12. The quantitative estimate of drug-likeness (QED) is 0.781. The van der Waals surface area contributed by atoms with Crippen molar-refractivity contribution in [1.82, 2.24) is 4.72 Å². The molecule has 2 N–H and O–H groups in total. The fraction of sp³-hybridized carbons (Fsp3) is 0.417. The monoisotopic (exact) mass is 271 g/mol. The van der Waals surface area contributed by atoms with Crippen molar-refractivity contribution < 1.29 is 18.3 Å². The summed E-state index contributed by atoms with van der Waals surface area (Å²) in [4.78, 5) is 11.2. The van der Waals surface area contributed by atoms with Crippen molar-refractivity contribution >= 4 is 15.8 Å². The number of ketones is 1. The lowest BCUT2D eigenvalue weighted by atomic mass is 10.1. The Hall–Kier alpha value is -1.24. The lowest BCUT2D eigenvalue weighted by molar-refractivity contribution is 0.0857. The fourth-order valence-corrected chi connectivity index (χ4v) is 2.49. The Morgan fingerprint density at radius 3 is 2.50 bits per heavy atom. The molecule has 1 aromatic rings. The van der Waals surface area contributed by atoms with Gasteiger partial charge in [-0.15, -0.1) is 0 Å². The van der Waals surface area contributed by atoms with Gasteiger partial charge < -0.3 is 5.11 Å². The smallest absolute Gasteiger partial charge is 0.240 e. The molecule has 100 valence electrons. The van der Waals surface area contributed by atoms with Crippen molar-refractivity contribution in [2.45, 2.75) is 31.3 Å². The highest BCUT2D eigenvalue weighted by molar-refractivity contribution is 7.89. The number of hydrogen-bond donors (Lipinski definition) is 2. The van der Waals surface area contributed by atoms with Crippen LogP contribution in [0.2, 0.25) is 0 Å². The maximum atomic E-state index is 11.9. The minimum atomic E-state index is -3.71. The van der Waals surface area contributed by atoms with Crippen molar-refractivity contribution in [3.8, 4) is 0 Å². The molecular formula is C12H17NO4S. The van der Waals surface area contributed by atoms with Crippen LogP contribution in [0, 0.1) is 0 Å². The van der Waals surface area contributed by atoms with Crippen LogP contribution in [0.15, 0.2) is 29.2 Å². The Bertz CT molecular complexity index is 543. The summed E-state index contributed by atoms with van der Waals surface area (Å²) < 4.78 is 26.1. The number of rotatable bonds is 5. The van der Waals surface area contributed by atoms with Gasteiger partial charge in [0.05, 0.1) is 10.5 Å². The zero-order valence-corrected chi connectivity index (χ0v) is 11.4. The number of sulfonamides is 1. The van der Waals surface area contributed by atoms with Crippen molar-refractivity contribution in [3.63, 3.8) is 0 Å². The van der Waals surface area contributed by atoms with E-state index in [1.807, 2.05) is 0 Å². The van der Waals surface area contributed by atoms with E-state index < -0.39 is 15.6 Å². The Morgan fingerprint density at radius 1 is 1.39 bits per heavy atom. The Morgan fingerprint density at radius 2 is 2.00 bits per heavy atom. The third-order valence-electron chi connectivity index (χ3n) is 2.25. The van der Waals surface area contributed by atoms with Gasteiger partial charge in [-0.05, 0) is 32.9 Å². The number of aliphatic hydroxyl groups is 1. The summed E-state index contributed by atoms with van der Waals surface area (Å²) >= 11 is 0. The lowest BCUT2D eigenvalue weighted by Gasteiger charge is -2.17. The highest BCUT2D eigenvalue weighted by atomic mass is 32.2. The van der Waals surface area contributed by atoms with Crippen LogP contribution in [0.25, 0.3) is 0 Å². The number of nitrogens with one attached hydrogen (secondary N) is 1. The number of carbonyl (C=O) groups is 1. The first-order valence-corrected chi connectivity index (χ1v) is 6.93. The number of benzene rings is 1. The largest absolute Gasteiger partial charge is 0.389 e. The van der Waals surface area contributed by atoms with E-state index in [-0.39, 0.29) is 17.2 Å². The standard InChI is InChI=1S/C12H17NO4S/c1-9(14)10-5-4-6-11(7-10)18(16,17)13-8-12(2,3)15/h4-7,13,15H,8H2,1-3H3. The molecule has 0 saturated heterocycles. The maximum absolute atomic E-state index is 11.9. The molecule has 0 aromatic heterocycles. The number of hydrogen-bond acceptors (Lipinski definition) is 4. The van der Waals surface area contributed by atoms with Crippen LogP contribution < -0.4 is 4.72 Å². The molecule has 0 fully saturated rings. The molecule has 1 aromatic carbocycles. The van der Waals surface area contributed by atoms with Gasteiger partial charge in [-0.2, -0.15) is 0 Å². The summed E-state index contributed by atoms with van der Waals surface area (Å²) in [6.45, 7) is 4.28. The third-order valence-corrected chi connectivity index (χ3v) is 3.64. The van der Waals surface area contributed by atoms with Gasteiger partial charge in [0.25, 0.3) is 0 Å². The maximum Gasteiger partial charge on any atom is 0.240 e. The molecule has 0 radical (unpaired) electrons. The number of Topliss-reactive ketones (excluding diaryl/α,β-unsaturated/α-hetero) is 1. The molecule has 0 aliphatic carbocycles. The predicted octanol–water partition coefficient (Wildman–Crippen LogP) is 0.938. The highest BCUT2D eigenvalue weighted by Crippen LogP contribution is 2.12. The molecule has 0 aliphatic rings. The zero-order chi connectivity index (χ0) is 14.0. The van der Waals surface area contributed by atoms with Gasteiger partial charge in [-0.25, -0.2) is 13.1 Å². The van der Waals surface area contributed by atoms with E-state index in [2.05, 4.69) is 4.72 Å². The van der Waals surface area contributed by atoms with Crippen LogP contribution in [0.4, 0.5) is 0 Å². The first kappa shape index (κ1) is 14.8. The van der Waals surface area contributed by atoms with E-state index in [4.69, 9.17) is 0 Å². The van der Waals surface area contributed by atoms with Gasteiger partial charge in [-0.3, -0.25) is 4.79 Å². The van der Waals surface area contributed by atoms with Gasteiger partial charge in [0.15, 0.2) is 5.78 Å². The molecule has 0 bridgehead atoms. The van der Waals surface area contributed by atoms with Crippen LogP contribution in [-0.4, -0.2) is 31.5 Å². The van der Waals surface area contributed by atoms with Gasteiger partial charge >= 0.3 is 0 Å². The molecule has 0 atom stereocenters. The fourth-order valence-electron chi connectivity index (χ4n) is 1.24. The summed E-state index contributed by atoms with van der Waals surface area (Å²) in [5.41, 5.74) is -0.799. The molecule has 1 rings (SSSR count). The predicted molar refractivity (Wildman–Crippen MR) is 67.9 cm³/mol. The topological polar surface area (TPSA) is 83.5 Å². The SMILES string of the molecule is CC(=O)c1cccc(S(=O)(=O)NCC(C)(C)O)c1. The molecule has 5 nitrogen and oxygen atoms in total. The molecule has 18 heavy (non-hydrogen) atoms. The molecule has 0 spiro atoms. The second-order valence-electron chi connectivity index (χ2n) is 4.72. The summed E-state index contributed by atoms with van der Waals surface area (Å²) in [6, 6.07) is 5.78. The van der Waals surface area contributed by atoms with E-state index >= 15 is 0 Å². The lowest BCUT2D eigenvalue weighted by Crippen LogP contribution is -2.38. The zero-order valence-electron chi connectivity index (χ0n) is 10.6. The van der Waals surface area contributed by atoms with Gasteiger partial charge in [-0.1, -0.05) is 12.1 Å². The van der Waals surface area contributed by atoms with Gasteiger partial charge in [0, 0.05) is 12.1 Å². The average molecular weight is 271 g/mol. The van der Waals surface area contributed by atoms with E-state index in [1.165, 1.54) is 39.0 Å². The van der Waals surface area contributed by atoms with Crippen LogP contribution in [-0.2, 0) is 10.0 Å². The minimum absolute atomic E-state index is 0.0134. The van der Waals surface area contributed by atoms with E-state index in [0.29, 0.717) is 5.56 Å². The van der Waals surface area contributed by atoms with Crippen molar-refractivity contribution in [3.05, 3.63) is 29.8 Å². The van der Waals surface area contributed by atoms with Crippen LogP contribution >= 0.6 is 0 Å². The van der Waals surface area contributed by atoms with Gasteiger partial charge in [0.1, 0.15) is 0 Å². The normalized spacial score (nSPS) is 12.4. The molecule has 6 heteroatoms. The van der Waals surface area contributed by atoms with E-state index in [1.54, 1.807) is 6.07 Å². The molecule has 0 saturated carbocycles. The minimum Gasteiger partial charge on any atom is -0.389 e. The Balaban J connectivity index is 2.99. The highest BCUT2D eigenvalue weighted by Gasteiger charge is 2.20. The van der Waals surface area contributed by atoms with E-state index in [0.717, 1.165) is 0 Å². The third kappa shape index (κ3) is 4.21. The second-order valence-corrected chi connectivity index (χ2v) is 6.49. The van der Waals surface area contributed by atoms with Crippen LogP contribution in [0.5, 0.6) is 0 Å². The molecule has 0 aliphatic heterocycles. The average Bonchev–Trinajstić information content (AvgIpc) is 2.26. The second kappa shape index (κ2) is 5.17. The van der Waals surface area contributed by atoms with Crippen LogP contribution in [0.1, 0.15) is 31.1 Å². The van der Waals surface area contributed by atoms with Crippen molar-refractivity contribution in [1.29, 1.82) is 0 Å². The summed E-state index contributed by atoms with van der Waals surface area (Å²) in [5.74, 6) is -0.200. The van der Waals surface area contributed by atoms with Crippen molar-refractivity contribution in [2.75, 3.05) is 6.54 Å². The van der Waals surface area contributed by atoms with Crippen molar-refractivity contribution in [2.24, 2.45) is 0 Å². The number of carbonyl (C=O) groups excluding carboxylic acids is 1.